The van der Waals surface area contributed by atoms with Gasteiger partial charge in [0.25, 0.3) is 0 Å². The molecule has 1 aliphatic rings. The summed E-state index contributed by atoms with van der Waals surface area (Å²) in [5, 5.41) is 16.2. The van der Waals surface area contributed by atoms with E-state index in [1.165, 1.54) is 16.4 Å². The molecule has 1 fully saturated rings. The van der Waals surface area contributed by atoms with Crippen LogP contribution < -0.4 is 0 Å². The number of nitrogens with zero attached hydrogens (tertiary/aromatic N) is 4. The van der Waals surface area contributed by atoms with E-state index in [1.54, 1.807) is 0 Å². The maximum absolute atomic E-state index is 12.7. The van der Waals surface area contributed by atoms with Gasteiger partial charge < -0.3 is 10.0 Å². The zero-order chi connectivity index (χ0) is 17.8. The number of rotatable bonds is 6. The first-order valence-corrected chi connectivity index (χ1v) is 8.58. The maximum Gasteiger partial charge on any atom is 0.358 e. The van der Waals surface area contributed by atoms with Gasteiger partial charge in [-0.05, 0) is 24.8 Å². The van der Waals surface area contributed by atoms with Crippen LogP contribution in [0.2, 0.25) is 0 Å². The number of hydrogen-bond acceptors (Lipinski definition) is 4. The van der Waals surface area contributed by atoms with Gasteiger partial charge in [0, 0.05) is 18.5 Å². The highest BCUT2D eigenvalue weighted by Gasteiger charge is 2.34. The first kappa shape index (κ1) is 17.1. The van der Waals surface area contributed by atoms with Crippen LogP contribution in [0, 0.1) is 0 Å². The molecule has 7 heteroatoms. The van der Waals surface area contributed by atoms with Crippen molar-refractivity contribution in [3.8, 4) is 0 Å². The third-order valence-corrected chi connectivity index (χ3v) is 4.81. The molecule has 3 rings (SSSR count). The highest BCUT2D eigenvalue weighted by molar-refractivity contribution is 5.84. The summed E-state index contributed by atoms with van der Waals surface area (Å²) in [6.45, 7) is 2.89. The predicted molar refractivity (Wildman–Crippen MR) is 91.2 cm³/mol. The molecule has 0 bridgehead atoms. The van der Waals surface area contributed by atoms with Crippen molar-refractivity contribution in [2.75, 3.05) is 6.54 Å². The van der Waals surface area contributed by atoms with Crippen LogP contribution in [-0.2, 0) is 11.3 Å². The standard InChI is InChI=1S/C18H22N4O3/c1-2-14(13-7-4-3-5-8-13)16-9-6-10-22(16)17(23)12-21-11-15(18(24)25)19-20-21/h3-5,7-8,11,14,16H,2,6,9-10,12H2,1H3,(H,24,25). The first-order valence-electron chi connectivity index (χ1n) is 8.58. The summed E-state index contributed by atoms with van der Waals surface area (Å²) in [4.78, 5) is 25.5. The lowest BCUT2D eigenvalue weighted by molar-refractivity contribution is -0.133. The molecule has 0 spiro atoms. The Morgan fingerprint density at radius 1 is 1.32 bits per heavy atom. The van der Waals surface area contributed by atoms with Gasteiger partial charge in [0.15, 0.2) is 5.69 Å². The Hall–Kier alpha value is -2.70. The van der Waals surface area contributed by atoms with Crippen LogP contribution in [0.1, 0.15) is 48.2 Å². The fourth-order valence-corrected chi connectivity index (χ4v) is 3.65. The average molecular weight is 342 g/mol. The Labute approximate surface area is 146 Å². The smallest absolute Gasteiger partial charge is 0.358 e. The SMILES string of the molecule is CCC(c1ccccc1)C1CCCN1C(=O)Cn1cc(C(=O)O)nn1. The van der Waals surface area contributed by atoms with Crippen LogP contribution in [0.25, 0.3) is 0 Å². The molecule has 1 saturated heterocycles. The molecular formula is C18H22N4O3. The number of carboxylic acid groups (broad SMARTS) is 1. The van der Waals surface area contributed by atoms with E-state index < -0.39 is 5.97 Å². The number of carbonyl (C=O) groups excluding carboxylic acids is 1. The number of carbonyl (C=O) groups is 2. The minimum Gasteiger partial charge on any atom is -0.476 e. The van der Waals surface area contributed by atoms with E-state index in [4.69, 9.17) is 5.11 Å². The third-order valence-electron chi connectivity index (χ3n) is 4.81. The lowest BCUT2D eigenvalue weighted by Gasteiger charge is -2.31. The van der Waals surface area contributed by atoms with Gasteiger partial charge >= 0.3 is 5.97 Å². The summed E-state index contributed by atoms with van der Waals surface area (Å²) in [6, 6.07) is 10.5. The fourth-order valence-electron chi connectivity index (χ4n) is 3.65. The molecule has 2 unspecified atom stereocenters. The van der Waals surface area contributed by atoms with Gasteiger partial charge in [-0.3, -0.25) is 4.79 Å². The van der Waals surface area contributed by atoms with Gasteiger partial charge in [0.2, 0.25) is 5.91 Å². The number of likely N-dealkylation sites (tertiary alicyclic amines) is 1. The number of carboxylic acids is 1. The molecule has 2 aromatic rings. The number of aromatic carboxylic acids is 1. The second-order valence-electron chi connectivity index (χ2n) is 6.33. The van der Waals surface area contributed by atoms with E-state index in [1.807, 2.05) is 23.1 Å². The molecule has 1 aromatic carbocycles. The molecule has 132 valence electrons. The number of hydrogen-bond donors (Lipinski definition) is 1. The van der Waals surface area contributed by atoms with Crippen molar-refractivity contribution in [1.29, 1.82) is 0 Å². The summed E-state index contributed by atoms with van der Waals surface area (Å²) >= 11 is 0. The van der Waals surface area contributed by atoms with Gasteiger partial charge in [0.1, 0.15) is 6.54 Å². The Balaban J connectivity index is 1.73. The van der Waals surface area contributed by atoms with E-state index in [2.05, 4.69) is 29.4 Å². The number of aromatic nitrogens is 3. The quantitative estimate of drug-likeness (QED) is 0.869. The van der Waals surface area contributed by atoms with Gasteiger partial charge in [-0.1, -0.05) is 42.5 Å². The van der Waals surface area contributed by atoms with Crippen LogP contribution in [0.3, 0.4) is 0 Å². The fraction of sp³-hybridized carbons (Fsp3) is 0.444. The molecule has 7 nitrogen and oxygen atoms in total. The van der Waals surface area contributed by atoms with Crippen molar-refractivity contribution < 1.29 is 14.7 Å². The van der Waals surface area contributed by atoms with E-state index in [0.717, 1.165) is 25.8 Å². The minimum atomic E-state index is -1.15. The van der Waals surface area contributed by atoms with Crippen molar-refractivity contribution in [3.05, 3.63) is 47.8 Å². The molecule has 1 aromatic heterocycles. The van der Waals surface area contributed by atoms with Crippen LogP contribution in [0.15, 0.2) is 36.5 Å². The minimum absolute atomic E-state index is 0.0159. The number of benzene rings is 1. The van der Waals surface area contributed by atoms with Crippen LogP contribution >= 0.6 is 0 Å². The molecule has 2 atom stereocenters. The van der Waals surface area contributed by atoms with Crippen molar-refractivity contribution in [1.82, 2.24) is 19.9 Å². The van der Waals surface area contributed by atoms with Gasteiger partial charge in [0.05, 0.1) is 6.20 Å². The molecule has 1 amide bonds. The van der Waals surface area contributed by atoms with Crippen molar-refractivity contribution >= 4 is 11.9 Å². The highest BCUT2D eigenvalue weighted by Crippen LogP contribution is 2.33. The molecular weight excluding hydrogens is 320 g/mol. The van der Waals surface area contributed by atoms with Crippen LogP contribution in [0.5, 0.6) is 0 Å². The van der Waals surface area contributed by atoms with Crippen molar-refractivity contribution in [3.63, 3.8) is 0 Å². The second kappa shape index (κ2) is 7.46. The van der Waals surface area contributed by atoms with Crippen LogP contribution in [0.4, 0.5) is 0 Å². The summed E-state index contributed by atoms with van der Waals surface area (Å²) in [7, 11) is 0. The maximum atomic E-state index is 12.7. The largest absolute Gasteiger partial charge is 0.476 e. The molecule has 0 saturated carbocycles. The average Bonchev–Trinajstić information content (AvgIpc) is 3.26. The predicted octanol–water partition coefficient (Wildman–Crippen LogP) is 2.16. The molecule has 25 heavy (non-hydrogen) atoms. The Morgan fingerprint density at radius 2 is 2.08 bits per heavy atom. The Morgan fingerprint density at radius 3 is 2.72 bits per heavy atom. The normalized spacial score (nSPS) is 18.3. The molecule has 2 heterocycles. The first-order chi connectivity index (χ1) is 12.1. The van der Waals surface area contributed by atoms with Crippen LogP contribution in [-0.4, -0.2) is 49.5 Å². The molecule has 1 aliphatic heterocycles. The van der Waals surface area contributed by atoms with Gasteiger partial charge in [-0.15, -0.1) is 5.10 Å². The zero-order valence-electron chi connectivity index (χ0n) is 14.2. The molecule has 1 N–H and O–H groups in total. The topological polar surface area (TPSA) is 88.3 Å². The summed E-state index contributed by atoms with van der Waals surface area (Å²) < 4.78 is 1.30. The monoisotopic (exact) mass is 342 g/mol. The van der Waals surface area contributed by atoms with E-state index in [9.17, 15) is 9.59 Å². The third kappa shape index (κ3) is 3.70. The zero-order valence-corrected chi connectivity index (χ0v) is 14.2. The summed E-state index contributed by atoms with van der Waals surface area (Å²) in [5.74, 6) is -0.885. The second-order valence-corrected chi connectivity index (χ2v) is 6.33. The number of amides is 1. The Kier molecular flexibility index (Phi) is 5.11. The van der Waals surface area contributed by atoms with E-state index >= 15 is 0 Å². The van der Waals surface area contributed by atoms with E-state index in [-0.39, 0.29) is 24.2 Å². The van der Waals surface area contributed by atoms with Gasteiger partial charge in [-0.2, -0.15) is 0 Å². The lowest BCUT2D eigenvalue weighted by atomic mass is 9.87. The van der Waals surface area contributed by atoms with Crippen molar-refractivity contribution in [2.45, 2.75) is 44.7 Å². The lowest BCUT2D eigenvalue weighted by Crippen LogP contribution is -2.41. The Bertz CT molecular complexity index is 744. The van der Waals surface area contributed by atoms with Crippen molar-refractivity contribution in [2.24, 2.45) is 0 Å². The highest BCUT2D eigenvalue weighted by atomic mass is 16.4. The summed E-state index contributed by atoms with van der Waals surface area (Å²) in [6.07, 6.45) is 4.22. The molecule has 0 aliphatic carbocycles. The summed E-state index contributed by atoms with van der Waals surface area (Å²) in [5.41, 5.74) is 1.10. The molecule has 0 radical (unpaired) electrons. The van der Waals surface area contributed by atoms with E-state index in [0.29, 0.717) is 5.92 Å². The van der Waals surface area contributed by atoms with Gasteiger partial charge in [-0.25, -0.2) is 9.48 Å².